The molecule has 4 N–H and O–H groups in total. The maximum Gasteiger partial charge on any atom is 0.151 e. The predicted molar refractivity (Wildman–Crippen MR) is 52.0 cm³/mol. The number of hydrogen-bond donors (Lipinski definition) is 2. The van der Waals surface area contributed by atoms with Crippen molar-refractivity contribution in [1.29, 1.82) is 0 Å². The van der Waals surface area contributed by atoms with E-state index in [1.54, 1.807) is 19.2 Å². The van der Waals surface area contributed by atoms with E-state index >= 15 is 0 Å². The van der Waals surface area contributed by atoms with Crippen molar-refractivity contribution >= 4 is 6.34 Å². The zero-order chi connectivity index (χ0) is 9.56. The van der Waals surface area contributed by atoms with Crippen molar-refractivity contribution in [3.63, 3.8) is 0 Å². The molecule has 0 atom stereocenters. The maximum absolute atomic E-state index is 5.49. The Bertz CT molecular complexity index is 215. The summed E-state index contributed by atoms with van der Waals surface area (Å²) < 4.78 is 0. The van der Waals surface area contributed by atoms with Gasteiger partial charge in [0.25, 0.3) is 0 Å². The van der Waals surface area contributed by atoms with Crippen LogP contribution in [0.2, 0.25) is 0 Å². The minimum atomic E-state index is 0.530. The number of nitrogens with two attached hydrogens (primary N) is 2. The smallest absolute Gasteiger partial charge is 0.151 e. The largest absolute Gasteiger partial charge is 0.390 e. The minimum Gasteiger partial charge on any atom is -0.390 e. The molecule has 66 valence electrons. The van der Waals surface area contributed by atoms with Gasteiger partial charge < -0.3 is 5.73 Å². The summed E-state index contributed by atoms with van der Waals surface area (Å²) in [7, 11) is 1.66. The lowest BCUT2D eigenvalue weighted by Gasteiger charge is -2.13. The molecular formula is C8H14N4. The molecular weight excluding hydrogens is 152 g/mol. The van der Waals surface area contributed by atoms with E-state index in [1.807, 2.05) is 0 Å². The number of hydrazine groups is 1. The molecule has 0 aromatic rings. The first-order valence-electron chi connectivity index (χ1n) is 3.39. The van der Waals surface area contributed by atoms with E-state index in [9.17, 15) is 0 Å². The molecule has 0 saturated carbocycles. The Morgan fingerprint density at radius 2 is 1.92 bits per heavy atom. The van der Waals surface area contributed by atoms with Crippen molar-refractivity contribution in [2.45, 2.75) is 0 Å². The highest BCUT2D eigenvalue weighted by molar-refractivity contribution is 5.54. The van der Waals surface area contributed by atoms with E-state index in [2.05, 4.69) is 18.2 Å². The van der Waals surface area contributed by atoms with Gasteiger partial charge in [-0.05, 0) is 0 Å². The monoisotopic (exact) mass is 166 g/mol. The molecule has 4 heteroatoms. The molecule has 0 aromatic carbocycles. The SMILES string of the molecule is C=CC(C=C)=C(N=CN)N(C)N. The highest BCUT2D eigenvalue weighted by Gasteiger charge is 2.00. The zero-order valence-corrected chi connectivity index (χ0v) is 7.20. The third-order valence-electron chi connectivity index (χ3n) is 1.23. The molecule has 4 nitrogen and oxygen atoms in total. The number of hydrogen-bond acceptors (Lipinski definition) is 3. The van der Waals surface area contributed by atoms with Crippen LogP contribution in [0.5, 0.6) is 0 Å². The number of nitrogens with zero attached hydrogens (tertiary/aromatic N) is 2. The highest BCUT2D eigenvalue weighted by Crippen LogP contribution is 2.08. The van der Waals surface area contributed by atoms with Crippen LogP contribution in [-0.2, 0) is 0 Å². The summed E-state index contributed by atoms with van der Waals surface area (Å²) in [6.07, 6.45) is 4.39. The zero-order valence-electron chi connectivity index (χ0n) is 7.20. The quantitative estimate of drug-likeness (QED) is 0.208. The van der Waals surface area contributed by atoms with Crippen LogP contribution >= 0.6 is 0 Å². The maximum atomic E-state index is 5.49. The molecule has 0 saturated heterocycles. The first kappa shape index (κ1) is 10.4. The summed E-state index contributed by atoms with van der Waals surface area (Å²) in [4.78, 5) is 3.86. The second-order valence-corrected chi connectivity index (χ2v) is 2.08. The Kier molecular flexibility index (Phi) is 4.48. The van der Waals surface area contributed by atoms with Crippen LogP contribution in [0, 0.1) is 0 Å². The lowest BCUT2D eigenvalue weighted by Crippen LogP contribution is -2.25. The van der Waals surface area contributed by atoms with Gasteiger partial charge in [-0.25, -0.2) is 10.8 Å². The van der Waals surface area contributed by atoms with Gasteiger partial charge in [0.2, 0.25) is 0 Å². The van der Waals surface area contributed by atoms with Crippen molar-refractivity contribution in [3.05, 3.63) is 36.7 Å². The van der Waals surface area contributed by atoms with Crippen LogP contribution < -0.4 is 11.6 Å². The van der Waals surface area contributed by atoms with Crippen molar-refractivity contribution in [2.24, 2.45) is 16.6 Å². The van der Waals surface area contributed by atoms with Crippen molar-refractivity contribution in [3.8, 4) is 0 Å². The topological polar surface area (TPSA) is 67.6 Å². The van der Waals surface area contributed by atoms with Crippen molar-refractivity contribution in [1.82, 2.24) is 5.01 Å². The van der Waals surface area contributed by atoms with E-state index in [4.69, 9.17) is 11.6 Å². The fourth-order valence-electron chi connectivity index (χ4n) is 0.706. The summed E-state index contributed by atoms with van der Waals surface area (Å²) in [5.74, 6) is 6.02. The van der Waals surface area contributed by atoms with Crippen LogP contribution in [0.15, 0.2) is 41.7 Å². The second kappa shape index (κ2) is 5.15. The molecule has 0 spiro atoms. The number of aliphatic imine (C=N–C) groups is 1. The molecule has 0 aliphatic rings. The van der Waals surface area contributed by atoms with Gasteiger partial charge in [-0.3, -0.25) is 5.01 Å². The number of rotatable bonds is 4. The fraction of sp³-hybridized carbons (Fsp3) is 0.125. The van der Waals surface area contributed by atoms with Gasteiger partial charge in [0, 0.05) is 12.6 Å². The van der Waals surface area contributed by atoms with E-state index in [0.717, 1.165) is 5.57 Å². The second-order valence-electron chi connectivity index (χ2n) is 2.08. The minimum absolute atomic E-state index is 0.530. The third-order valence-corrected chi connectivity index (χ3v) is 1.23. The van der Waals surface area contributed by atoms with Gasteiger partial charge in [-0.2, -0.15) is 0 Å². The predicted octanol–water partition coefficient (Wildman–Crippen LogP) is 0.363. The van der Waals surface area contributed by atoms with Crippen molar-refractivity contribution < 1.29 is 0 Å². The van der Waals surface area contributed by atoms with Crippen molar-refractivity contribution in [2.75, 3.05) is 7.05 Å². The number of allylic oxidation sites excluding steroid dienone is 3. The van der Waals surface area contributed by atoms with E-state index in [0.29, 0.717) is 5.82 Å². The molecule has 0 rings (SSSR count). The molecule has 0 heterocycles. The molecule has 0 bridgehead atoms. The van der Waals surface area contributed by atoms with Crippen LogP contribution in [0.1, 0.15) is 0 Å². The summed E-state index contributed by atoms with van der Waals surface area (Å²) in [5, 5.41) is 1.35. The average Bonchev–Trinajstić information content (AvgIpc) is 2.05. The van der Waals surface area contributed by atoms with Crippen LogP contribution in [-0.4, -0.2) is 18.4 Å². The van der Waals surface area contributed by atoms with Gasteiger partial charge in [-0.15, -0.1) is 0 Å². The molecule has 0 unspecified atom stereocenters. The van der Waals surface area contributed by atoms with Crippen LogP contribution in [0.4, 0.5) is 0 Å². The lowest BCUT2D eigenvalue weighted by atomic mass is 10.2. The summed E-state index contributed by atoms with van der Waals surface area (Å²) in [6.45, 7) is 7.18. The van der Waals surface area contributed by atoms with E-state index in [1.165, 1.54) is 11.3 Å². The van der Waals surface area contributed by atoms with Crippen LogP contribution in [0.3, 0.4) is 0 Å². The molecule has 0 aliphatic carbocycles. The molecule has 0 radical (unpaired) electrons. The molecule has 0 amide bonds. The third kappa shape index (κ3) is 2.59. The Balaban J connectivity index is 5.01. The fourth-order valence-corrected chi connectivity index (χ4v) is 0.706. The van der Waals surface area contributed by atoms with Crippen LogP contribution in [0.25, 0.3) is 0 Å². The van der Waals surface area contributed by atoms with Gasteiger partial charge >= 0.3 is 0 Å². The molecule has 12 heavy (non-hydrogen) atoms. The lowest BCUT2D eigenvalue weighted by molar-refractivity contribution is 0.434. The average molecular weight is 166 g/mol. The van der Waals surface area contributed by atoms with E-state index < -0.39 is 0 Å². The van der Waals surface area contributed by atoms with Gasteiger partial charge in [-0.1, -0.05) is 25.3 Å². The first-order chi connectivity index (χ1) is 5.67. The standard InChI is InChI=1S/C8H14N4/c1-4-7(5-2)8(11-6-9)12(3)10/h4-6H,1-2,10H2,3H3,(H2,9,11). The Labute approximate surface area is 72.5 Å². The van der Waals surface area contributed by atoms with Gasteiger partial charge in [0.1, 0.15) is 0 Å². The summed E-state index contributed by atoms with van der Waals surface area (Å²) in [5.41, 5.74) is 5.88. The summed E-state index contributed by atoms with van der Waals surface area (Å²) >= 11 is 0. The van der Waals surface area contributed by atoms with Gasteiger partial charge in [0.15, 0.2) is 5.82 Å². The Morgan fingerprint density at radius 3 is 2.17 bits per heavy atom. The molecule has 0 aromatic heterocycles. The normalized spacial score (nSPS) is 9.50. The Hall–Kier alpha value is -1.55. The first-order valence-corrected chi connectivity index (χ1v) is 3.39. The Morgan fingerprint density at radius 1 is 1.42 bits per heavy atom. The molecule has 0 fully saturated rings. The van der Waals surface area contributed by atoms with E-state index in [-0.39, 0.29) is 0 Å². The summed E-state index contributed by atoms with van der Waals surface area (Å²) in [6, 6.07) is 0. The van der Waals surface area contributed by atoms with Gasteiger partial charge in [0.05, 0.1) is 6.34 Å². The molecule has 0 aliphatic heterocycles. The highest BCUT2D eigenvalue weighted by atomic mass is 15.4.